The van der Waals surface area contributed by atoms with Gasteiger partial charge >= 0.3 is 0 Å². The minimum Gasteiger partial charge on any atom is -0.394 e. The maximum Gasteiger partial charge on any atom is 0.220 e. The van der Waals surface area contributed by atoms with Crippen LogP contribution in [0.25, 0.3) is 0 Å². The topological polar surface area (TPSA) is 149 Å². The Balaban J connectivity index is 2.40. The lowest BCUT2D eigenvalue weighted by molar-refractivity contribution is -0.302. The van der Waals surface area contributed by atoms with Gasteiger partial charge in [-0.25, -0.2) is 0 Å². The standard InChI is InChI=1S/C55H91NO8/c1-3-5-7-9-11-13-15-17-19-21-23-24-25-26-27-29-31-33-35-37-39-41-43-45-51(59)56-48(47-63-55-54(62)53(61)52(60)50(46-57)64-55)49(58)44-42-40-38-36-34-32-30-28-22-20-18-16-14-12-10-8-6-4-2/h5,7,11,13,17,19,23-24,26-27,31,33-34,36-37,39,42,44,48-50,52-55,57-58,60-62H,3-4,6,8-10,12,14-16,18,20-22,25,28-30,32,35,38,40-41,43,45-47H2,1-2H3,(H,56,59)/b7-5-,13-11-,19-17-,24-23-,27-26-,33-31-,36-34+,39-37-,44-42+. The lowest BCUT2D eigenvalue weighted by Crippen LogP contribution is -2.60. The summed E-state index contributed by atoms with van der Waals surface area (Å²) in [5.41, 5.74) is 0. The largest absolute Gasteiger partial charge is 0.394 e. The van der Waals surface area contributed by atoms with E-state index in [2.05, 4.69) is 116 Å². The second-order valence-corrected chi connectivity index (χ2v) is 16.9. The third-order valence-electron chi connectivity index (χ3n) is 11.1. The molecule has 7 atom stereocenters. The van der Waals surface area contributed by atoms with Crippen molar-refractivity contribution < 1.29 is 39.8 Å². The number of unbranched alkanes of at least 4 members (excludes halogenated alkanes) is 14. The highest BCUT2D eigenvalue weighted by atomic mass is 16.7. The van der Waals surface area contributed by atoms with E-state index in [0.29, 0.717) is 6.42 Å². The molecule has 0 spiro atoms. The molecule has 6 N–H and O–H groups in total. The van der Waals surface area contributed by atoms with Gasteiger partial charge in [-0.2, -0.15) is 0 Å². The van der Waals surface area contributed by atoms with Crippen molar-refractivity contribution in [3.05, 3.63) is 109 Å². The maximum absolute atomic E-state index is 13.0. The number of nitrogens with one attached hydrogen (secondary N) is 1. The fraction of sp³-hybridized carbons (Fsp3) is 0.655. The molecule has 1 aliphatic heterocycles. The number of ether oxygens (including phenoxy) is 2. The van der Waals surface area contributed by atoms with Crippen LogP contribution in [0.5, 0.6) is 0 Å². The molecule has 1 amide bonds. The van der Waals surface area contributed by atoms with Crippen molar-refractivity contribution in [2.45, 2.75) is 217 Å². The zero-order valence-electron chi connectivity index (χ0n) is 40.0. The van der Waals surface area contributed by atoms with Crippen LogP contribution in [-0.2, 0) is 14.3 Å². The Kier molecular flexibility index (Phi) is 40.2. The summed E-state index contributed by atoms with van der Waals surface area (Å²) in [6.07, 6.45) is 57.1. The number of allylic oxidation sites excluding steroid dienone is 17. The van der Waals surface area contributed by atoms with Crippen LogP contribution in [0.4, 0.5) is 0 Å². The van der Waals surface area contributed by atoms with E-state index in [1.807, 2.05) is 6.08 Å². The van der Waals surface area contributed by atoms with E-state index >= 15 is 0 Å². The van der Waals surface area contributed by atoms with Crippen LogP contribution in [0.2, 0.25) is 0 Å². The van der Waals surface area contributed by atoms with Crippen molar-refractivity contribution in [1.29, 1.82) is 0 Å². The van der Waals surface area contributed by atoms with Gasteiger partial charge in [-0.05, 0) is 83.5 Å². The normalized spacial score (nSPS) is 21.0. The lowest BCUT2D eigenvalue weighted by Gasteiger charge is -2.40. The van der Waals surface area contributed by atoms with Gasteiger partial charge in [-0.3, -0.25) is 4.79 Å². The van der Waals surface area contributed by atoms with Crippen LogP contribution in [0, 0.1) is 0 Å². The Morgan fingerprint density at radius 3 is 1.50 bits per heavy atom. The van der Waals surface area contributed by atoms with E-state index in [1.54, 1.807) is 6.08 Å². The third kappa shape index (κ3) is 33.3. The van der Waals surface area contributed by atoms with Crippen LogP contribution in [0.1, 0.15) is 174 Å². The Morgan fingerprint density at radius 2 is 0.984 bits per heavy atom. The molecule has 0 saturated carbocycles. The van der Waals surface area contributed by atoms with Gasteiger partial charge in [0.15, 0.2) is 6.29 Å². The van der Waals surface area contributed by atoms with Gasteiger partial charge in [-0.15, -0.1) is 0 Å². The first kappa shape index (κ1) is 58.9. The Hall–Kier alpha value is -3.15. The average Bonchev–Trinajstić information content (AvgIpc) is 3.29. The van der Waals surface area contributed by atoms with Crippen LogP contribution in [0.3, 0.4) is 0 Å². The monoisotopic (exact) mass is 894 g/mol. The maximum atomic E-state index is 13.0. The highest BCUT2D eigenvalue weighted by molar-refractivity contribution is 5.76. The second-order valence-electron chi connectivity index (χ2n) is 16.9. The summed E-state index contributed by atoms with van der Waals surface area (Å²) >= 11 is 0. The van der Waals surface area contributed by atoms with E-state index in [0.717, 1.165) is 70.6 Å². The molecule has 0 aliphatic carbocycles. The minimum atomic E-state index is -1.59. The quantitative estimate of drug-likeness (QED) is 0.0263. The van der Waals surface area contributed by atoms with Crippen molar-refractivity contribution in [2.24, 2.45) is 0 Å². The summed E-state index contributed by atoms with van der Waals surface area (Å²) in [6, 6.07) is -0.860. The average molecular weight is 894 g/mol. The highest BCUT2D eigenvalue weighted by Gasteiger charge is 2.44. The molecule has 64 heavy (non-hydrogen) atoms. The van der Waals surface area contributed by atoms with Crippen LogP contribution in [-0.4, -0.2) is 87.5 Å². The third-order valence-corrected chi connectivity index (χ3v) is 11.1. The number of hydrogen-bond donors (Lipinski definition) is 6. The van der Waals surface area contributed by atoms with E-state index in [1.165, 1.54) is 77.0 Å². The van der Waals surface area contributed by atoms with Gasteiger partial charge in [0.25, 0.3) is 0 Å². The summed E-state index contributed by atoms with van der Waals surface area (Å²) < 4.78 is 11.2. The van der Waals surface area contributed by atoms with Gasteiger partial charge in [-0.1, -0.05) is 194 Å². The fourth-order valence-corrected chi connectivity index (χ4v) is 7.10. The van der Waals surface area contributed by atoms with Gasteiger partial charge in [0.1, 0.15) is 24.4 Å². The molecule has 9 nitrogen and oxygen atoms in total. The first-order valence-corrected chi connectivity index (χ1v) is 25.1. The smallest absolute Gasteiger partial charge is 0.220 e. The van der Waals surface area contributed by atoms with Crippen molar-refractivity contribution in [2.75, 3.05) is 13.2 Å². The number of carbonyl (C=O) groups excluding carboxylic acids is 1. The fourth-order valence-electron chi connectivity index (χ4n) is 7.10. The number of amides is 1. The van der Waals surface area contributed by atoms with Gasteiger partial charge in [0.2, 0.25) is 5.91 Å². The van der Waals surface area contributed by atoms with Gasteiger partial charge in [0, 0.05) is 6.42 Å². The zero-order chi connectivity index (χ0) is 46.6. The minimum absolute atomic E-state index is 0.231. The lowest BCUT2D eigenvalue weighted by atomic mass is 9.99. The molecular formula is C55H91NO8. The zero-order valence-corrected chi connectivity index (χ0v) is 40.0. The molecule has 364 valence electrons. The van der Waals surface area contributed by atoms with Gasteiger partial charge < -0.3 is 40.3 Å². The number of aliphatic hydroxyl groups is 5. The van der Waals surface area contributed by atoms with Crippen LogP contribution < -0.4 is 5.32 Å². The molecular weight excluding hydrogens is 803 g/mol. The molecule has 0 radical (unpaired) electrons. The Bertz CT molecular complexity index is 1360. The number of aliphatic hydroxyl groups excluding tert-OH is 5. The van der Waals surface area contributed by atoms with E-state index in [4.69, 9.17) is 9.47 Å². The summed E-state index contributed by atoms with van der Waals surface area (Å²) in [6.45, 7) is 3.60. The number of rotatable bonds is 40. The molecule has 0 aromatic heterocycles. The number of hydrogen-bond acceptors (Lipinski definition) is 8. The summed E-state index contributed by atoms with van der Waals surface area (Å²) in [4.78, 5) is 13.0. The molecule has 1 fully saturated rings. The molecule has 9 heteroatoms. The second kappa shape index (κ2) is 43.7. The van der Waals surface area contributed by atoms with Crippen molar-refractivity contribution >= 4 is 5.91 Å². The summed E-state index contributed by atoms with van der Waals surface area (Å²) in [7, 11) is 0. The van der Waals surface area contributed by atoms with Crippen LogP contribution in [0.15, 0.2) is 109 Å². The molecule has 0 bridgehead atoms. The molecule has 1 rings (SSSR count). The number of carbonyl (C=O) groups is 1. The van der Waals surface area contributed by atoms with E-state index < -0.39 is 49.5 Å². The predicted octanol–water partition coefficient (Wildman–Crippen LogP) is 11.4. The molecule has 1 saturated heterocycles. The van der Waals surface area contributed by atoms with Crippen molar-refractivity contribution in [3.8, 4) is 0 Å². The molecule has 1 heterocycles. The first-order valence-electron chi connectivity index (χ1n) is 25.1. The SMILES string of the molecule is CC/C=C\C/C=C\C/C=C\C/C=C\C/C=C\C/C=C\C/C=C\CCCC(=O)NC(COC1OC(CO)C(O)C(O)C1O)C(O)/C=C/CC/C=C/CCCCCCCCCCCCCC. The molecule has 0 aromatic carbocycles. The van der Waals surface area contributed by atoms with Gasteiger partial charge in [0.05, 0.1) is 25.4 Å². The Morgan fingerprint density at radius 1 is 0.547 bits per heavy atom. The highest BCUT2D eigenvalue weighted by Crippen LogP contribution is 2.22. The van der Waals surface area contributed by atoms with E-state index in [-0.39, 0.29) is 18.9 Å². The first-order chi connectivity index (χ1) is 31.3. The molecule has 1 aliphatic rings. The Labute approximate surface area is 389 Å². The van der Waals surface area contributed by atoms with Crippen molar-refractivity contribution in [1.82, 2.24) is 5.32 Å². The van der Waals surface area contributed by atoms with Crippen LogP contribution >= 0.6 is 0 Å². The van der Waals surface area contributed by atoms with E-state index in [9.17, 15) is 30.3 Å². The summed E-state index contributed by atoms with van der Waals surface area (Å²) in [5, 5.41) is 54.2. The predicted molar refractivity (Wildman–Crippen MR) is 267 cm³/mol. The molecule has 7 unspecified atom stereocenters. The summed E-state index contributed by atoms with van der Waals surface area (Å²) in [5.74, 6) is -0.249. The molecule has 0 aromatic rings. The van der Waals surface area contributed by atoms with Crippen molar-refractivity contribution in [3.63, 3.8) is 0 Å².